The van der Waals surface area contributed by atoms with Crippen LogP contribution in [0.1, 0.15) is 56.8 Å². The molecule has 0 radical (unpaired) electrons. The van der Waals surface area contributed by atoms with Crippen LogP contribution in [0.4, 0.5) is 0 Å². The Bertz CT molecular complexity index is 2300. The number of hydrogen-bond donors (Lipinski definition) is 0. The fourth-order valence-electron chi connectivity index (χ4n) is 6.06. The molecule has 0 aliphatic rings. The van der Waals surface area contributed by atoms with Gasteiger partial charge in [0.25, 0.3) is 0 Å². The van der Waals surface area contributed by atoms with Crippen molar-refractivity contribution in [2.75, 3.05) is 0 Å². The number of fused-ring (bicyclic) bond motifs is 4. The highest BCUT2D eigenvalue weighted by molar-refractivity contribution is 6.10. The lowest BCUT2D eigenvalue weighted by molar-refractivity contribution is -0.645. The largest absolute Gasteiger partial charge is 0.457 e. The molecule has 0 atom stereocenters. The van der Waals surface area contributed by atoms with Gasteiger partial charge in [0.05, 0.1) is 22.1 Å². The molecule has 7 aromatic rings. The second kappa shape index (κ2) is 10.1. The molecular formula is C39H39N4O+. The summed E-state index contributed by atoms with van der Waals surface area (Å²) >= 11 is 0. The highest BCUT2D eigenvalue weighted by Gasteiger charge is 2.25. The molecule has 3 aromatic heterocycles. The lowest BCUT2D eigenvalue weighted by Gasteiger charge is -2.23. The summed E-state index contributed by atoms with van der Waals surface area (Å²) < 4.78 is 36.5. The van der Waals surface area contributed by atoms with E-state index in [-0.39, 0.29) is 10.8 Å². The van der Waals surface area contributed by atoms with Crippen LogP contribution >= 0.6 is 0 Å². The molecule has 0 aliphatic heterocycles. The molecule has 5 heteroatoms. The normalized spacial score (nSPS) is 13.7. The SMILES string of the molecule is [2H]C([2H])([2H])[n+]1cn(-c2cccc(Oc3cc4c(cc3C(C)(C)C)c3ccccc3n4-c3cc(C(C)(C)C)ccn3)c2)c2ccccc21. The smallest absolute Gasteiger partial charge is 0.249 e. The van der Waals surface area contributed by atoms with E-state index in [0.29, 0.717) is 11.3 Å². The number of pyridine rings is 1. The second-order valence-corrected chi connectivity index (χ2v) is 13.6. The summed E-state index contributed by atoms with van der Waals surface area (Å²) in [6.45, 7) is 10.9. The fourth-order valence-corrected chi connectivity index (χ4v) is 6.06. The number of ether oxygens (including phenoxy) is 1. The van der Waals surface area contributed by atoms with E-state index in [1.807, 2.05) is 59.3 Å². The summed E-state index contributed by atoms with van der Waals surface area (Å²) in [5.41, 5.74) is 6.40. The Morgan fingerprint density at radius 2 is 1.50 bits per heavy atom. The Balaban J connectivity index is 1.41. The average Bonchev–Trinajstić information content (AvgIpc) is 3.56. The van der Waals surface area contributed by atoms with E-state index in [2.05, 4.69) is 94.6 Å². The predicted octanol–water partition coefficient (Wildman–Crippen LogP) is 9.33. The molecule has 0 N–H and O–H groups in total. The summed E-state index contributed by atoms with van der Waals surface area (Å²) in [5.74, 6) is 2.27. The number of nitrogens with zero attached hydrogens (tertiary/aromatic N) is 4. The van der Waals surface area contributed by atoms with Gasteiger partial charge >= 0.3 is 0 Å². The van der Waals surface area contributed by atoms with Crippen LogP contribution in [0.25, 0.3) is 44.3 Å². The first kappa shape index (κ1) is 24.5. The number of rotatable bonds is 4. The summed E-state index contributed by atoms with van der Waals surface area (Å²) in [6.07, 6.45) is 3.53. The first-order valence-electron chi connectivity index (χ1n) is 16.6. The summed E-state index contributed by atoms with van der Waals surface area (Å²) in [7, 11) is 0. The van der Waals surface area contributed by atoms with Gasteiger partial charge in [-0.2, -0.15) is 4.57 Å². The lowest BCUT2D eigenvalue weighted by Crippen LogP contribution is -2.25. The molecule has 0 saturated carbocycles. The number of imidazole rings is 1. The first-order valence-corrected chi connectivity index (χ1v) is 15.1. The van der Waals surface area contributed by atoms with Crippen LogP contribution in [0.2, 0.25) is 0 Å². The van der Waals surface area contributed by atoms with Crippen molar-refractivity contribution in [1.82, 2.24) is 14.1 Å². The number of para-hydroxylation sites is 3. The minimum atomic E-state index is -2.31. The molecule has 0 aliphatic carbocycles. The maximum absolute atomic E-state index is 8.08. The van der Waals surface area contributed by atoms with Gasteiger partial charge in [0.15, 0.2) is 11.0 Å². The Kier molecular flexibility index (Phi) is 5.62. The van der Waals surface area contributed by atoms with Gasteiger partial charge in [0.1, 0.15) is 23.0 Å². The first-order chi connectivity index (χ1) is 22.2. The van der Waals surface area contributed by atoms with Crippen LogP contribution in [0.3, 0.4) is 0 Å². The van der Waals surface area contributed by atoms with Crippen molar-refractivity contribution in [1.29, 1.82) is 0 Å². The van der Waals surface area contributed by atoms with E-state index in [1.54, 1.807) is 6.33 Å². The molecule has 0 unspecified atom stereocenters. The molecule has 44 heavy (non-hydrogen) atoms. The van der Waals surface area contributed by atoms with Crippen molar-refractivity contribution in [3.63, 3.8) is 0 Å². The highest BCUT2D eigenvalue weighted by atomic mass is 16.5. The zero-order valence-electron chi connectivity index (χ0n) is 29.1. The summed E-state index contributed by atoms with van der Waals surface area (Å²) in [6, 6.07) is 32.5. The molecule has 0 amide bonds. The third-order valence-electron chi connectivity index (χ3n) is 8.38. The molecule has 3 heterocycles. The number of aromatic nitrogens is 4. The molecular weight excluding hydrogens is 540 g/mol. The van der Waals surface area contributed by atoms with Crippen LogP contribution in [-0.4, -0.2) is 14.1 Å². The van der Waals surface area contributed by atoms with Gasteiger partial charge in [-0.05, 0) is 64.9 Å². The quantitative estimate of drug-likeness (QED) is 0.194. The lowest BCUT2D eigenvalue weighted by atomic mass is 9.85. The molecule has 4 aromatic carbocycles. The standard InChI is InChI=1S/C39H39N4O/c1-38(2,3)26-19-20-40-37(21-26)43-32-16-9-8-15-29(32)30-23-31(39(4,5)6)36(24-35(30)43)44-28-14-12-13-27(22-28)42-25-41(7)33-17-10-11-18-34(33)42/h8-25H,1-7H3/q+1/i7D3. The van der Waals surface area contributed by atoms with Gasteiger partial charge in [0, 0.05) is 34.7 Å². The van der Waals surface area contributed by atoms with E-state index in [1.165, 1.54) is 10.1 Å². The zero-order valence-corrected chi connectivity index (χ0v) is 26.1. The number of hydrogen-bond acceptors (Lipinski definition) is 2. The van der Waals surface area contributed by atoms with Crippen LogP contribution < -0.4 is 9.30 Å². The Morgan fingerprint density at radius 3 is 2.27 bits per heavy atom. The third-order valence-corrected chi connectivity index (χ3v) is 8.38. The molecule has 0 fully saturated rings. The van der Waals surface area contributed by atoms with Crippen molar-refractivity contribution in [2.24, 2.45) is 6.98 Å². The third kappa shape index (κ3) is 4.73. The Morgan fingerprint density at radius 1 is 0.727 bits per heavy atom. The van der Waals surface area contributed by atoms with E-state index in [4.69, 9.17) is 13.8 Å². The number of benzene rings is 4. The Hall–Kier alpha value is -4.90. The van der Waals surface area contributed by atoms with Gasteiger partial charge in [-0.3, -0.25) is 4.57 Å². The zero-order chi connectivity index (χ0) is 33.3. The van der Waals surface area contributed by atoms with E-state index < -0.39 is 6.98 Å². The van der Waals surface area contributed by atoms with Crippen LogP contribution in [-0.2, 0) is 17.8 Å². The highest BCUT2D eigenvalue weighted by Crippen LogP contribution is 2.42. The van der Waals surface area contributed by atoms with Gasteiger partial charge in [-0.25, -0.2) is 9.55 Å². The van der Waals surface area contributed by atoms with Gasteiger partial charge in [0.2, 0.25) is 6.33 Å². The van der Waals surface area contributed by atoms with Gasteiger partial charge in [-0.1, -0.05) is 77.9 Å². The minimum absolute atomic E-state index is 0.0249. The molecule has 5 nitrogen and oxygen atoms in total. The van der Waals surface area contributed by atoms with Crippen molar-refractivity contribution >= 4 is 32.8 Å². The second-order valence-electron chi connectivity index (χ2n) is 13.6. The molecule has 0 bridgehead atoms. The van der Waals surface area contributed by atoms with Crippen molar-refractivity contribution < 1.29 is 13.4 Å². The van der Waals surface area contributed by atoms with Crippen LogP contribution in [0.15, 0.2) is 110 Å². The topological polar surface area (TPSA) is 35.9 Å². The van der Waals surface area contributed by atoms with Gasteiger partial charge in [-0.15, -0.1) is 0 Å². The number of aryl methyl sites for hydroxylation is 1. The van der Waals surface area contributed by atoms with Crippen molar-refractivity contribution in [2.45, 2.75) is 52.4 Å². The minimum Gasteiger partial charge on any atom is -0.457 e. The molecule has 7 rings (SSSR count). The van der Waals surface area contributed by atoms with Crippen LogP contribution in [0, 0.1) is 0 Å². The molecule has 0 spiro atoms. The van der Waals surface area contributed by atoms with Crippen molar-refractivity contribution in [3.05, 3.63) is 121 Å². The maximum atomic E-state index is 8.08. The van der Waals surface area contributed by atoms with E-state index >= 15 is 0 Å². The van der Waals surface area contributed by atoms with Crippen LogP contribution in [0.5, 0.6) is 11.5 Å². The molecule has 0 saturated heterocycles. The summed E-state index contributed by atoms with van der Waals surface area (Å²) in [5, 5.41) is 2.30. The summed E-state index contributed by atoms with van der Waals surface area (Å²) in [4.78, 5) is 4.85. The van der Waals surface area contributed by atoms with E-state index in [9.17, 15) is 0 Å². The van der Waals surface area contributed by atoms with Gasteiger partial charge < -0.3 is 4.74 Å². The van der Waals surface area contributed by atoms with E-state index in [0.717, 1.165) is 50.1 Å². The monoisotopic (exact) mass is 582 g/mol. The maximum Gasteiger partial charge on any atom is 0.249 e. The molecule has 220 valence electrons. The predicted molar refractivity (Wildman–Crippen MR) is 181 cm³/mol. The Labute approximate surface area is 263 Å². The average molecular weight is 583 g/mol. The van der Waals surface area contributed by atoms with Crippen molar-refractivity contribution in [3.8, 4) is 23.0 Å². The fraction of sp³-hybridized carbons (Fsp3) is 0.231.